The van der Waals surface area contributed by atoms with Crippen molar-refractivity contribution in [1.82, 2.24) is 0 Å². The fourth-order valence-corrected chi connectivity index (χ4v) is 3.32. The van der Waals surface area contributed by atoms with Gasteiger partial charge in [0, 0.05) is 6.04 Å². The summed E-state index contributed by atoms with van der Waals surface area (Å²) in [6.45, 7) is 2.19. The van der Waals surface area contributed by atoms with Crippen molar-refractivity contribution in [3.63, 3.8) is 0 Å². The first-order valence-electron chi connectivity index (χ1n) is 6.43. The second-order valence-corrected chi connectivity index (χ2v) is 5.75. The molecule has 1 aliphatic carbocycles. The lowest BCUT2D eigenvalue weighted by atomic mass is 10.2. The lowest BCUT2D eigenvalue weighted by Crippen LogP contribution is -2.04. The second kappa shape index (κ2) is 5.69. The molecule has 2 rings (SSSR count). The molecule has 0 amide bonds. The third-order valence-corrected chi connectivity index (χ3v) is 4.47. The van der Waals surface area contributed by atoms with Crippen LogP contribution in [0.15, 0.2) is 0 Å². The molecule has 1 aliphatic rings. The van der Waals surface area contributed by atoms with Crippen molar-refractivity contribution in [2.75, 3.05) is 25.3 Å². The number of rotatable bonds is 6. The summed E-state index contributed by atoms with van der Waals surface area (Å²) in [5.41, 5.74) is 6.28. The summed E-state index contributed by atoms with van der Waals surface area (Å²) in [6, 6.07) is 0.470. The maximum absolute atomic E-state index is 11.6. The first-order valence-corrected chi connectivity index (χ1v) is 7.25. The number of methoxy groups -OCH3 is 2. The number of carbonyl (C=O) groups is 1. The number of hydrogen-bond acceptors (Lipinski definition) is 6. The topological polar surface area (TPSA) is 73.6 Å². The molecule has 5 nitrogen and oxygen atoms in total. The zero-order chi connectivity index (χ0) is 14.0. The molecule has 0 saturated heterocycles. The smallest absolute Gasteiger partial charge is 0.350 e. The van der Waals surface area contributed by atoms with Gasteiger partial charge in [0.15, 0.2) is 5.75 Å². The molecule has 1 saturated carbocycles. The number of nitrogens with one attached hydrogen (secondary N) is 1. The van der Waals surface area contributed by atoms with Crippen LogP contribution in [-0.4, -0.2) is 26.2 Å². The fraction of sp³-hybridized carbons (Fsp3) is 0.615. The Labute approximate surface area is 117 Å². The van der Waals surface area contributed by atoms with Crippen LogP contribution in [-0.2, 0) is 4.74 Å². The number of nitrogens with two attached hydrogens (primary N) is 1. The maximum Gasteiger partial charge on any atom is 0.350 e. The minimum Gasteiger partial charge on any atom is -0.492 e. The number of nitrogen functional groups attached to an aromatic ring is 1. The predicted molar refractivity (Wildman–Crippen MR) is 77.0 cm³/mol. The molecular weight excluding hydrogens is 264 g/mol. The van der Waals surface area contributed by atoms with E-state index in [-0.39, 0.29) is 0 Å². The van der Waals surface area contributed by atoms with E-state index < -0.39 is 5.97 Å². The van der Waals surface area contributed by atoms with Crippen molar-refractivity contribution in [2.45, 2.75) is 32.2 Å². The number of hydrogen-bond donors (Lipinski definition) is 2. The zero-order valence-corrected chi connectivity index (χ0v) is 12.3. The molecule has 2 atom stereocenters. The van der Waals surface area contributed by atoms with Gasteiger partial charge in [-0.25, -0.2) is 4.79 Å². The number of ether oxygens (including phenoxy) is 2. The van der Waals surface area contributed by atoms with E-state index in [0.717, 1.165) is 10.9 Å². The molecule has 3 N–H and O–H groups in total. The lowest BCUT2D eigenvalue weighted by Gasteiger charge is -2.06. The van der Waals surface area contributed by atoms with Gasteiger partial charge in [0.25, 0.3) is 0 Å². The highest BCUT2D eigenvalue weighted by molar-refractivity contribution is 7.19. The van der Waals surface area contributed by atoms with Crippen molar-refractivity contribution >= 4 is 28.0 Å². The maximum atomic E-state index is 11.6. The Morgan fingerprint density at radius 2 is 2.26 bits per heavy atom. The van der Waals surface area contributed by atoms with Gasteiger partial charge in [-0.1, -0.05) is 13.3 Å². The summed E-state index contributed by atoms with van der Waals surface area (Å²) in [5.74, 6) is 0.849. The van der Waals surface area contributed by atoms with Gasteiger partial charge in [-0.2, -0.15) is 0 Å². The minimum atomic E-state index is -0.422. The van der Waals surface area contributed by atoms with Crippen molar-refractivity contribution in [3.05, 3.63) is 4.88 Å². The third-order valence-electron chi connectivity index (χ3n) is 3.37. The quantitative estimate of drug-likeness (QED) is 0.786. The summed E-state index contributed by atoms with van der Waals surface area (Å²) in [6.07, 6.45) is 3.59. The van der Waals surface area contributed by atoms with E-state index in [1.807, 2.05) is 0 Å². The van der Waals surface area contributed by atoms with E-state index in [9.17, 15) is 4.79 Å². The minimum absolute atomic E-state index is 0.356. The summed E-state index contributed by atoms with van der Waals surface area (Å²) in [5, 5.41) is 4.24. The fourth-order valence-electron chi connectivity index (χ4n) is 2.25. The lowest BCUT2D eigenvalue weighted by molar-refractivity contribution is 0.0607. The Bertz CT molecular complexity index is 473. The molecule has 0 spiro atoms. The molecule has 19 heavy (non-hydrogen) atoms. The SMILES string of the molecule is CCCC1CC1Nc1sc(C(=O)OC)c(N)c1OC. The summed E-state index contributed by atoms with van der Waals surface area (Å²) >= 11 is 1.30. The summed E-state index contributed by atoms with van der Waals surface area (Å²) < 4.78 is 10.0. The van der Waals surface area contributed by atoms with E-state index in [1.54, 1.807) is 7.11 Å². The van der Waals surface area contributed by atoms with Gasteiger partial charge in [0.05, 0.1) is 14.2 Å². The highest BCUT2D eigenvalue weighted by Gasteiger charge is 2.37. The van der Waals surface area contributed by atoms with Crippen LogP contribution in [0.4, 0.5) is 10.7 Å². The molecule has 1 fully saturated rings. The molecule has 1 aromatic rings. The molecule has 6 heteroatoms. The van der Waals surface area contributed by atoms with E-state index in [0.29, 0.717) is 22.4 Å². The van der Waals surface area contributed by atoms with E-state index in [2.05, 4.69) is 12.2 Å². The Balaban J connectivity index is 2.14. The van der Waals surface area contributed by atoms with Gasteiger partial charge in [0.1, 0.15) is 15.6 Å². The monoisotopic (exact) mass is 284 g/mol. The largest absolute Gasteiger partial charge is 0.492 e. The van der Waals surface area contributed by atoms with Crippen LogP contribution in [0.25, 0.3) is 0 Å². The summed E-state index contributed by atoms with van der Waals surface area (Å²) in [4.78, 5) is 12.0. The van der Waals surface area contributed by atoms with E-state index >= 15 is 0 Å². The van der Waals surface area contributed by atoms with E-state index in [4.69, 9.17) is 15.2 Å². The normalized spacial score (nSPS) is 21.0. The molecule has 0 radical (unpaired) electrons. The van der Waals surface area contributed by atoms with Gasteiger partial charge >= 0.3 is 5.97 Å². The van der Waals surface area contributed by atoms with Crippen LogP contribution in [0.3, 0.4) is 0 Å². The van der Waals surface area contributed by atoms with Crippen molar-refractivity contribution in [2.24, 2.45) is 5.92 Å². The van der Waals surface area contributed by atoms with Crippen LogP contribution in [0.5, 0.6) is 5.75 Å². The average molecular weight is 284 g/mol. The number of anilines is 2. The summed E-state index contributed by atoms with van der Waals surface area (Å²) in [7, 11) is 2.90. The molecule has 1 heterocycles. The van der Waals surface area contributed by atoms with Gasteiger partial charge in [0.2, 0.25) is 0 Å². The average Bonchev–Trinajstić information content (AvgIpc) is 3.04. The van der Waals surface area contributed by atoms with Gasteiger partial charge in [-0.05, 0) is 18.8 Å². The molecular formula is C13H20N2O3S. The predicted octanol–water partition coefficient (Wildman–Crippen LogP) is 2.73. The third kappa shape index (κ3) is 2.78. The highest BCUT2D eigenvalue weighted by atomic mass is 32.1. The number of esters is 1. The molecule has 0 bridgehead atoms. The Morgan fingerprint density at radius 3 is 2.84 bits per heavy atom. The second-order valence-electron chi connectivity index (χ2n) is 4.73. The Morgan fingerprint density at radius 1 is 1.53 bits per heavy atom. The first-order chi connectivity index (χ1) is 9.12. The zero-order valence-electron chi connectivity index (χ0n) is 11.5. The van der Waals surface area contributed by atoms with E-state index in [1.165, 1.54) is 37.7 Å². The van der Waals surface area contributed by atoms with Gasteiger partial charge in [-0.3, -0.25) is 0 Å². The highest BCUT2D eigenvalue weighted by Crippen LogP contribution is 2.46. The van der Waals surface area contributed by atoms with Gasteiger partial charge < -0.3 is 20.5 Å². The number of thiophene rings is 1. The molecule has 2 unspecified atom stereocenters. The van der Waals surface area contributed by atoms with Crippen LogP contribution >= 0.6 is 11.3 Å². The number of carbonyl (C=O) groups excluding carboxylic acids is 1. The molecule has 106 valence electrons. The Kier molecular flexibility index (Phi) is 4.19. The van der Waals surface area contributed by atoms with Crippen LogP contribution in [0.2, 0.25) is 0 Å². The standard InChI is InChI=1S/C13H20N2O3S/c1-4-5-7-6-8(7)15-12-10(17-2)9(14)11(19-12)13(16)18-3/h7-8,15H,4-6,14H2,1-3H3. The Hall–Kier alpha value is -1.43. The molecule has 1 aromatic heterocycles. The van der Waals surface area contributed by atoms with Crippen LogP contribution in [0, 0.1) is 5.92 Å². The molecule has 0 aromatic carbocycles. The van der Waals surface area contributed by atoms with Crippen LogP contribution in [0.1, 0.15) is 35.9 Å². The van der Waals surface area contributed by atoms with Gasteiger partial charge in [-0.15, -0.1) is 11.3 Å². The van der Waals surface area contributed by atoms with Crippen molar-refractivity contribution in [1.29, 1.82) is 0 Å². The first kappa shape index (κ1) is 14.0. The van der Waals surface area contributed by atoms with Crippen LogP contribution < -0.4 is 15.8 Å². The molecule has 0 aliphatic heterocycles. The van der Waals surface area contributed by atoms with Crippen molar-refractivity contribution in [3.8, 4) is 5.75 Å². The van der Waals surface area contributed by atoms with Crippen molar-refractivity contribution < 1.29 is 14.3 Å².